The number of ether oxygens (including phenoxy) is 2. The number of fused-ring (bicyclic) bond motifs is 2. The summed E-state index contributed by atoms with van der Waals surface area (Å²) in [6, 6.07) is 33.4. The van der Waals surface area contributed by atoms with Crippen molar-refractivity contribution in [3.8, 4) is 11.5 Å². The first-order chi connectivity index (χ1) is 17.5. The minimum absolute atomic E-state index is 0.233. The molecule has 0 saturated heterocycles. The van der Waals surface area contributed by atoms with Gasteiger partial charge in [-0.2, -0.15) is 0 Å². The normalized spacial score (nSPS) is 13.8. The predicted octanol–water partition coefficient (Wildman–Crippen LogP) is 6.83. The van der Waals surface area contributed by atoms with Crippen LogP contribution in [0.1, 0.15) is 12.5 Å². The summed E-state index contributed by atoms with van der Waals surface area (Å²) in [5, 5.41) is 9.83. The lowest BCUT2D eigenvalue weighted by Crippen LogP contribution is -2.43. The Morgan fingerprint density at radius 3 is 2.00 bits per heavy atom. The van der Waals surface area contributed by atoms with Crippen molar-refractivity contribution in [1.82, 2.24) is 0 Å². The van der Waals surface area contributed by atoms with Gasteiger partial charge in [0.05, 0.1) is 17.9 Å². The number of rotatable bonds is 9. The molecule has 4 aromatic carbocycles. The lowest BCUT2D eigenvalue weighted by molar-refractivity contribution is -0.153. The molecule has 1 aliphatic heterocycles. The van der Waals surface area contributed by atoms with E-state index in [0.29, 0.717) is 18.9 Å². The smallest absolute Gasteiger partial charge is 0.348 e. The van der Waals surface area contributed by atoms with Gasteiger partial charge in [0.15, 0.2) is 0 Å². The predicted molar refractivity (Wildman–Crippen MR) is 143 cm³/mol. The van der Waals surface area contributed by atoms with E-state index in [1.54, 1.807) is 30.8 Å². The van der Waals surface area contributed by atoms with Gasteiger partial charge in [-0.3, -0.25) is 0 Å². The molecule has 182 valence electrons. The molecule has 0 aliphatic carbocycles. The fourth-order valence-electron chi connectivity index (χ4n) is 4.27. The van der Waals surface area contributed by atoms with Gasteiger partial charge in [-0.05, 0) is 61.0 Å². The average Bonchev–Trinajstić information content (AvgIpc) is 2.89. The SMILES string of the molecule is CC(Cc1ccc(OCCN2c3ccccc3Sc3ccccc32)cc1)(Oc1ccccc1)C(=O)O. The van der Waals surface area contributed by atoms with Crippen LogP contribution in [-0.2, 0) is 11.2 Å². The molecule has 0 fully saturated rings. The molecule has 1 heterocycles. The van der Waals surface area contributed by atoms with Crippen LogP contribution >= 0.6 is 11.8 Å². The maximum atomic E-state index is 12.0. The van der Waals surface area contributed by atoms with Crippen LogP contribution in [0.2, 0.25) is 0 Å². The summed E-state index contributed by atoms with van der Waals surface area (Å²) in [7, 11) is 0. The van der Waals surface area contributed by atoms with Crippen molar-refractivity contribution in [2.75, 3.05) is 18.1 Å². The van der Waals surface area contributed by atoms with E-state index in [1.807, 2.05) is 42.5 Å². The lowest BCUT2D eigenvalue weighted by Gasteiger charge is -2.32. The molecule has 36 heavy (non-hydrogen) atoms. The Labute approximate surface area is 215 Å². The van der Waals surface area contributed by atoms with Crippen molar-refractivity contribution < 1.29 is 19.4 Å². The number of hydrogen-bond donors (Lipinski definition) is 1. The van der Waals surface area contributed by atoms with E-state index in [4.69, 9.17) is 9.47 Å². The molecule has 1 unspecified atom stereocenters. The lowest BCUT2D eigenvalue weighted by atomic mass is 9.96. The second-order valence-corrected chi connectivity index (χ2v) is 9.89. The van der Waals surface area contributed by atoms with Crippen LogP contribution in [0.4, 0.5) is 11.4 Å². The number of benzene rings is 4. The zero-order valence-corrected chi connectivity index (χ0v) is 20.8. The average molecular weight is 498 g/mol. The Bertz CT molecular complexity index is 1300. The van der Waals surface area contributed by atoms with E-state index in [9.17, 15) is 9.90 Å². The van der Waals surface area contributed by atoms with Crippen molar-refractivity contribution >= 4 is 29.1 Å². The fourth-order valence-corrected chi connectivity index (χ4v) is 5.37. The molecule has 0 saturated carbocycles. The Balaban J connectivity index is 1.23. The molecular formula is C30H27NO4S. The number of nitrogens with zero attached hydrogens (tertiary/aromatic N) is 1. The topological polar surface area (TPSA) is 59.0 Å². The van der Waals surface area contributed by atoms with E-state index < -0.39 is 11.6 Å². The van der Waals surface area contributed by atoms with Gasteiger partial charge in [0, 0.05) is 16.2 Å². The second-order valence-electron chi connectivity index (χ2n) is 8.81. The van der Waals surface area contributed by atoms with Gasteiger partial charge >= 0.3 is 5.97 Å². The van der Waals surface area contributed by atoms with Crippen molar-refractivity contribution in [3.05, 3.63) is 109 Å². The largest absolute Gasteiger partial charge is 0.492 e. The van der Waals surface area contributed by atoms with Crippen LogP contribution in [0.3, 0.4) is 0 Å². The van der Waals surface area contributed by atoms with Gasteiger partial charge in [0.2, 0.25) is 5.60 Å². The van der Waals surface area contributed by atoms with Crippen molar-refractivity contribution in [1.29, 1.82) is 0 Å². The van der Waals surface area contributed by atoms with E-state index >= 15 is 0 Å². The highest BCUT2D eigenvalue weighted by Gasteiger charge is 2.36. The molecule has 5 rings (SSSR count). The Morgan fingerprint density at radius 1 is 0.806 bits per heavy atom. The third kappa shape index (κ3) is 5.19. The standard InChI is InChI=1S/C30H27NO4S/c1-30(29(32)33,35-24-9-3-2-4-10-24)21-22-15-17-23(18-16-22)34-20-19-31-25-11-5-7-13-27(25)36-28-14-8-6-12-26(28)31/h2-18H,19-21H2,1H3,(H,32,33). The molecule has 1 atom stereocenters. The van der Waals surface area contributed by atoms with Crippen LogP contribution in [-0.4, -0.2) is 29.8 Å². The molecule has 0 radical (unpaired) electrons. The summed E-state index contributed by atoms with van der Waals surface area (Å²) in [5.74, 6) is 0.265. The molecule has 1 aliphatic rings. The van der Waals surface area contributed by atoms with Gasteiger partial charge in [-0.1, -0.05) is 66.4 Å². The van der Waals surface area contributed by atoms with Gasteiger partial charge in [0.1, 0.15) is 18.1 Å². The fraction of sp³-hybridized carbons (Fsp3) is 0.167. The van der Waals surface area contributed by atoms with Gasteiger partial charge < -0.3 is 19.5 Å². The monoisotopic (exact) mass is 497 g/mol. The first-order valence-electron chi connectivity index (χ1n) is 11.8. The zero-order valence-electron chi connectivity index (χ0n) is 20.0. The first-order valence-corrected chi connectivity index (χ1v) is 12.7. The van der Waals surface area contributed by atoms with Crippen LogP contribution in [0.5, 0.6) is 11.5 Å². The number of anilines is 2. The van der Waals surface area contributed by atoms with Crippen molar-refractivity contribution in [3.63, 3.8) is 0 Å². The summed E-state index contributed by atoms with van der Waals surface area (Å²) in [6.07, 6.45) is 0.233. The summed E-state index contributed by atoms with van der Waals surface area (Å²) >= 11 is 1.79. The highest BCUT2D eigenvalue weighted by Crippen LogP contribution is 2.47. The Kier molecular flexibility index (Phi) is 6.87. The molecule has 5 nitrogen and oxygen atoms in total. The Morgan fingerprint density at radius 2 is 1.39 bits per heavy atom. The number of carboxylic acids is 1. The minimum atomic E-state index is -1.38. The molecule has 4 aromatic rings. The van der Waals surface area contributed by atoms with E-state index in [1.165, 1.54) is 21.2 Å². The number of carboxylic acid groups (broad SMARTS) is 1. The maximum Gasteiger partial charge on any atom is 0.348 e. The van der Waals surface area contributed by atoms with Crippen LogP contribution in [0, 0.1) is 0 Å². The number of carbonyl (C=O) groups is 1. The summed E-state index contributed by atoms with van der Waals surface area (Å²) in [5.41, 5.74) is 1.86. The molecule has 0 spiro atoms. The molecule has 0 bridgehead atoms. The van der Waals surface area contributed by atoms with Gasteiger partial charge in [-0.25, -0.2) is 4.79 Å². The van der Waals surface area contributed by atoms with Crippen LogP contribution in [0.15, 0.2) is 113 Å². The molecule has 1 N–H and O–H groups in total. The van der Waals surface area contributed by atoms with E-state index in [2.05, 4.69) is 53.4 Å². The van der Waals surface area contributed by atoms with E-state index in [0.717, 1.165) is 11.3 Å². The maximum absolute atomic E-state index is 12.0. The second kappa shape index (κ2) is 10.4. The zero-order chi connectivity index (χ0) is 25.0. The quantitative estimate of drug-likeness (QED) is 0.273. The number of aliphatic carboxylic acids is 1. The summed E-state index contributed by atoms with van der Waals surface area (Å²) in [6.45, 7) is 2.81. The first kappa shape index (κ1) is 23.8. The van der Waals surface area contributed by atoms with Gasteiger partial charge in [0.25, 0.3) is 0 Å². The minimum Gasteiger partial charge on any atom is -0.492 e. The molecule has 0 amide bonds. The molecule has 6 heteroatoms. The van der Waals surface area contributed by atoms with Crippen molar-refractivity contribution in [2.45, 2.75) is 28.7 Å². The number of para-hydroxylation sites is 3. The van der Waals surface area contributed by atoms with Crippen LogP contribution < -0.4 is 14.4 Å². The Hall–Kier alpha value is -3.90. The number of hydrogen-bond acceptors (Lipinski definition) is 5. The third-order valence-electron chi connectivity index (χ3n) is 6.12. The van der Waals surface area contributed by atoms with Crippen LogP contribution in [0.25, 0.3) is 0 Å². The van der Waals surface area contributed by atoms with Crippen molar-refractivity contribution in [2.24, 2.45) is 0 Å². The third-order valence-corrected chi connectivity index (χ3v) is 7.25. The summed E-state index contributed by atoms with van der Waals surface area (Å²) < 4.78 is 11.9. The molecular weight excluding hydrogens is 470 g/mol. The van der Waals surface area contributed by atoms with E-state index in [-0.39, 0.29) is 6.42 Å². The molecule has 0 aromatic heterocycles. The highest BCUT2D eigenvalue weighted by molar-refractivity contribution is 7.99. The highest BCUT2D eigenvalue weighted by atomic mass is 32.2. The van der Waals surface area contributed by atoms with Gasteiger partial charge in [-0.15, -0.1) is 0 Å². The summed E-state index contributed by atoms with van der Waals surface area (Å²) in [4.78, 5) is 16.8.